The maximum atomic E-state index is 11.7. The van der Waals surface area contributed by atoms with Gasteiger partial charge >= 0.3 is 11.9 Å². The fourth-order valence-electron chi connectivity index (χ4n) is 2.61. The van der Waals surface area contributed by atoms with Crippen LogP contribution in [0, 0.1) is 6.92 Å². The predicted molar refractivity (Wildman–Crippen MR) is 78.8 cm³/mol. The highest BCUT2D eigenvalue weighted by atomic mass is 16.4. The number of nitrogens with zero attached hydrogens (tertiary/aromatic N) is 1. The highest BCUT2D eigenvalue weighted by molar-refractivity contribution is 6.05. The summed E-state index contributed by atoms with van der Waals surface area (Å²) >= 11 is 0. The van der Waals surface area contributed by atoms with Crippen LogP contribution in [-0.2, 0) is 6.54 Å². The Bertz CT molecular complexity index is 686. The minimum Gasteiger partial charge on any atom is -0.478 e. The molecule has 0 atom stereocenters. The first-order valence-electron chi connectivity index (χ1n) is 6.74. The number of hydrogen-bond acceptors (Lipinski definition) is 2. The number of rotatable bonds is 5. The Morgan fingerprint density at radius 3 is 2.19 bits per heavy atom. The van der Waals surface area contributed by atoms with Crippen LogP contribution >= 0.6 is 0 Å². The van der Waals surface area contributed by atoms with Gasteiger partial charge in [0.15, 0.2) is 0 Å². The average molecular weight is 287 g/mol. The SMILES string of the molecule is CCCn1c(C)c(C(=O)O)c(-c2ccccc2)c1C(=O)O. The van der Waals surface area contributed by atoms with Crippen LogP contribution in [0.1, 0.15) is 39.9 Å². The van der Waals surface area contributed by atoms with E-state index in [0.717, 1.165) is 6.42 Å². The highest BCUT2D eigenvalue weighted by Gasteiger charge is 2.28. The largest absolute Gasteiger partial charge is 0.478 e. The lowest BCUT2D eigenvalue weighted by Gasteiger charge is -2.08. The van der Waals surface area contributed by atoms with Crippen molar-refractivity contribution >= 4 is 11.9 Å². The Morgan fingerprint density at radius 2 is 1.71 bits per heavy atom. The van der Waals surface area contributed by atoms with Gasteiger partial charge in [0.25, 0.3) is 0 Å². The molecule has 0 aliphatic heterocycles. The van der Waals surface area contributed by atoms with Gasteiger partial charge in [-0.3, -0.25) is 0 Å². The van der Waals surface area contributed by atoms with E-state index in [-0.39, 0.29) is 16.8 Å². The molecule has 21 heavy (non-hydrogen) atoms. The first kappa shape index (κ1) is 14.8. The summed E-state index contributed by atoms with van der Waals surface area (Å²) < 4.78 is 1.58. The number of carboxylic acids is 2. The highest BCUT2D eigenvalue weighted by Crippen LogP contribution is 2.33. The van der Waals surface area contributed by atoms with E-state index in [9.17, 15) is 19.8 Å². The average Bonchev–Trinajstić information content (AvgIpc) is 2.74. The summed E-state index contributed by atoms with van der Waals surface area (Å²) in [5, 5.41) is 19.0. The molecule has 110 valence electrons. The number of benzene rings is 1. The summed E-state index contributed by atoms with van der Waals surface area (Å²) in [6.07, 6.45) is 0.725. The number of carboxylic acid groups (broad SMARTS) is 2. The Labute approximate surface area is 122 Å². The number of carbonyl (C=O) groups is 2. The zero-order chi connectivity index (χ0) is 15.6. The molecule has 0 aliphatic carbocycles. The predicted octanol–water partition coefficient (Wildman–Crippen LogP) is 3.27. The first-order chi connectivity index (χ1) is 9.99. The van der Waals surface area contributed by atoms with E-state index in [1.165, 1.54) is 0 Å². The Morgan fingerprint density at radius 1 is 1.10 bits per heavy atom. The minimum atomic E-state index is -1.11. The van der Waals surface area contributed by atoms with Crippen molar-refractivity contribution in [1.82, 2.24) is 4.57 Å². The fraction of sp³-hybridized carbons (Fsp3) is 0.250. The monoisotopic (exact) mass is 287 g/mol. The van der Waals surface area contributed by atoms with Crippen molar-refractivity contribution in [2.24, 2.45) is 0 Å². The summed E-state index contributed by atoms with van der Waals surface area (Å²) in [4.78, 5) is 23.3. The maximum absolute atomic E-state index is 11.7. The molecule has 1 aromatic heterocycles. The third kappa shape index (κ3) is 2.54. The van der Waals surface area contributed by atoms with E-state index in [0.29, 0.717) is 17.8 Å². The topological polar surface area (TPSA) is 79.5 Å². The van der Waals surface area contributed by atoms with Gasteiger partial charge in [-0.15, -0.1) is 0 Å². The van der Waals surface area contributed by atoms with Gasteiger partial charge in [-0.1, -0.05) is 37.3 Å². The van der Waals surface area contributed by atoms with Crippen molar-refractivity contribution in [3.8, 4) is 11.1 Å². The van der Waals surface area contributed by atoms with Crippen LogP contribution in [0.2, 0.25) is 0 Å². The molecule has 2 aromatic rings. The van der Waals surface area contributed by atoms with Gasteiger partial charge < -0.3 is 14.8 Å². The van der Waals surface area contributed by atoms with Crippen molar-refractivity contribution in [3.63, 3.8) is 0 Å². The molecule has 0 saturated heterocycles. The summed E-state index contributed by atoms with van der Waals surface area (Å²) in [5.41, 5.74) is 1.46. The normalized spacial score (nSPS) is 10.6. The van der Waals surface area contributed by atoms with Gasteiger partial charge in [-0.25, -0.2) is 9.59 Å². The molecule has 0 saturated carbocycles. The summed E-state index contributed by atoms with van der Waals surface area (Å²) in [5.74, 6) is -2.22. The zero-order valence-electron chi connectivity index (χ0n) is 12.0. The molecule has 0 aliphatic rings. The summed E-state index contributed by atoms with van der Waals surface area (Å²) in [7, 11) is 0. The third-order valence-electron chi connectivity index (χ3n) is 3.45. The van der Waals surface area contributed by atoms with E-state index in [2.05, 4.69) is 0 Å². The van der Waals surface area contributed by atoms with Gasteiger partial charge in [0.2, 0.25) is 0 Å². The quantitative estimate of drug-likeness (QED) is 0.884. The molecule has 0 amide bonds. The lowest BCUT2D eigenvalue weighted by Crippen LogP contribution is -2.10. The molecule has 1 aromatic carbocycles. The van der Waals surface area contributed by atoms with E-state index in [4.69, 9.17) is 0 Å². The molecule has 0 radical (unpaired) electrons. The second-order valence-corrected chi connectivity index (χ2v) is 4.81. The van der Waals surface area contributed by atoms with E-state index >= 15 is 0 Å². The molecule has 1 heterocycles. The van der Waals surface area contributed by atoms with Gasteiger partial charge in [-0.2, -0.15) is 0 Å². The Kier molecular flexibility index (Phi) is 4.12. The van der Waals surface area contributed by atoms with Crippen LogP contribution < -0.4 is 0 Å². The van der Waals surface area contributed by atoms with Crippen LogP contribution in [0.3, 0.4) is 0 Å². The second-order valence-electron chi connectivity index (χ2n) is 4.81. The molecule has 0 unspecified atom stereocenters. The van der Waals surface area contributed by atoms with E-state index in [1.54, 1.807) is 41.8 Å². The Hall–Kier alpha value is -2.56. The van der Waals surface area contributed by atoms with Crippen LogP contribution in [0.25, 0.3) is 11.1 Å². The fourth-order valence-corrected chi connectivity index (χ4v) is 2.61. The molecule has 5 heteroatoms. The lowest BCUT2D eigenvalue weighted by atomic mass is 10.0. The van der Waals surface area contributed by atoms with Gasteiger partial charge in [0.1, 0.15) is 5.69 Å². The number of aromatic nitrogens is 1. The first-order valence-corrected chi connectivity index (χ1v) is 6.74. The van der Waals surface area contributed by atoms with Gasteiger partial charge in [-0.05, 0) is 18.9 Å². The van der Waals surface area contributed by atoms with Crippen LogP contribution in [-0.4, -0.2) is 26.7 Å². The third-order valence-corrected chi connectivity index (χ3v) is 3.45. The molecule has 5 nitrogen and oxygen atoms in total. The van der Waals surface area contributed by atoms with Crippen LogP contribution in [0.5, 0.6) is 0 Å². The van der Waals surface area contributed by atoms with Crippen molar-refractivity contribution in [3.05, 3.63) is 47.3 Å². The standard InChI is InChI=1S/C16H17NO4/c1-3-9-17-10(2)12(15(18)19)13(14(17)16(20)21)11-7-5-4-6-8-11/h4-8H,3,9H2,1-2H3,(H,18,19)(H,20,21). The molecule has 0 spiro atoms. The zero-order valence-corrected chi connectivity index (χ0v) is 12.0. The maximum Gasteiger partial charge on any atom is 0.353 e. The number of hydrogen-bond donors (Lipinski definition) is 2. The van der Waals surface area contributed by atoms with Gasteiger partial charge in [0, 0.05) is 17.8 Å². The van der Waals surface area contributed by atoms with E-state index in [1.807, 2.05) is 6.92 Å². The van der Waals surface area contributed by atoms with Crippen molar-refractivity contribution in [2.45, 2.75) is 26.8 Å². The van der Waals surface area contributed by atoms with E-state index < -0.39 is 11.9 Å². The second kappa shape index (κ2) is 5.83. The van der Waals surface area contributed by atoms with Crippen molar-refractivity contribution < 1.29 is 19.8 Å². The van der Waals surface area contributed by atoms with Crippen LogP contribution in [0.4, 0.5) is 0 Å². The Balaban J connectivity index is 2.86. The molecule has 0 fully saturated rings. The molecule has 0 bridgehead atoms. The molecule has 2 N–H and O–H groups in total. The van der Waals surface area contributed by atoms with Crippen molar-refractivity contribution in [2.75, 3.05) is 0 Å². The smallest absolute Gasteiger partial charge is 0.353 e. The minimum absolute atomic E-state index is 0.0398. The lowest BCUT2D eigenvalue weighted by molar-refractivity contribution is 0.0681. The molecule has 2 rings (SSSR count). The molecular weight excluding hydrogens is 270 g/mol. The van der Waals surface area contributed by atoms with Crippen molar-refractivity contribution in [1.29, 1.82) is 0 Å². The van der Waals surface area contributed by atoms with Crippen LogP contribution in [0.15, 0.2) is 30.3 Å². The number of aromatic carboxylic acids is 2. The van der Waals surface area contributed by atoms with Gasteiger partial charge in [0.05, 0.1) is 5.56 Å². The molecular formula is C16H17NO4. The summed E-state index contributed by atoms with van der Waals surface area (Å²) in [6, 6.07) is 8.78. The summed E-state index contributed by atoms with van der Waals surface area (Å²) in [6.45, 7) is 4.05.